The lowest BCUT2D eigenvalue weighted by Gasteiger charge is -2.17. The van der Waals surface area contributed by atoms with Crippen LogP contribution in [0.2, 0.25) is 0 Å². The van der Waals surface area contributed by atoms with E-state index >= 15 is 0 Å². The molecular formula is C15H18N5O5P. The number of H-pyrrole nitrogens is 1. The molecule has 0 saturated heterocycles. The Morgan fingerprint density at radius 1 is 1.31 bits per heavy atom. The lowest BCUT2D eigenvalue weighted by Crippen LogP contribution is -2.13. The molecule has 3 N–H and O–H groups in total. The summed E-state index contributed by atoms with van der Waals surface area (Å²) in [6.07, 6.45) is 1.24. The van der Waals surface area contributed by atoms with Crippen molar-refractivity contribution in [3.05, 3.63) is 47.0 Å². The van der Waals surface area contributed by atoms with Gasteiger partial charge in [-0.25, -0.2) is 9.55 Å². The van der Waals surface area contributed by atoms with Crippen molar-refractivity contribution in [2.45, 2.75) is 6.54 Å². The van der Waals surface area contributed by atoms with Gasteiger partial charge in [0.1, 0.15) is 5.75 Å². The van der Waals surface area contributed by atoms with Gasteiger partial charge in [-0.1, -0.05) is 18.2 Å². The van der Waals surface area contributed by atoms with Gasteiger partial charge in [0.25, 0.3) is 5.56 Å². The monoisotopic (exact) mass is 379 g/mol. The van der Waals surface area contributed by atoms with Gasteiger partial charge in [-0.15, -0.1) is 0 Å². The topological polar surface area (TPSA) is 134 Å². The number of benzene rings is 1. The summed E-state index contributed by atoms with van der Waals surface area (Å²) < 4.78 is 30.0. The fourth-order valence-corrected chi connectivity index (χ4v) is 3.26. The van der Waals surface area contributed by atoms with E-state index in [1.165, 1.54) is 13.4 Å². The molecule has 0 aliphatic carbocycles. The number of fused-ring (bicyclic) bond motifs is 1. The summed E-state index contributed by atoms with van der Waals surface area (Å²) in [5.74, 6) is 0.436. The van der Waals surface area contributed by atoms with Crippen LogP contribution >= 0.6 is 7.60 Å². The second kappa shape index (κ2) is 7.69. The van der Waals surface area contributed by atoms with Crippen molar-refractivity contribution in [1.82, 2.24) is 19.5 Å². The highest BCUT2D eigenvalue weighted by molar-refractivity contribution is 7.54. The van der Waals surface area contributed by atoms with E-state index in [1.54, 1.807) is 28.8 Å². The van der Waals surface area contributed by atoms with Gasteiger partial charge in [0.15, 0.2) is 17.5 Å². The minimum absolute atomic E-state index is 0.00492. The van der Waals surface area contributed by atoms with Crippen LogP contribution in [0.25, 0.3) is 11.2 Å². The first-order chi connectivity index (χ1) is 12.5. The number of anilines is 1. The molecule has 10 nitrogen and oxygen atoms in total. The maximum atomic E-state index is 12.6. The van der Waals surface area contributed by atoms with Crippen LogP contribution in [0.1, 0.15) is 0 Å². The molecule has 0 radical (unpaired) electrons. The normalized spacial score (nSPS) is 13.6. The molecule has 3 aromatic rings. The summed E-state index contributed by atoms with van der Waals surface area (Å²) >= 11 is 0. The van der Waals surface area contributed by atoms with E-state index in [4.69, 9.17) is 19.5 Å². The Kier molecular flexibility index (Phi) is 5.36. The van der Waals surface area contributed by atoms with E-state index in [2.05, 4.69) is 15.0 Å². The van der Waals surface area contributed by atoms with Gasteiger partial charge in [0, 0.05) is 13.7 Å². The average Bonchev–Trinajstić information content (AvgIpc) is 3.03. The number of para-hydroxylation sites is 1. The highest BCUT2D eigenvalue weighted by Gasteiger charge is 2.25. The van der Waals surface area contributed by atoms with Crippen molar-refractivity contribution in [1.29, 1.82) is 0 Å². The van der Waals surface area contributed by atoms with E-state index in [1.807, 2.05) is 6.07 Å². The molecule has 0 amide bonds. The Morgan fingerprint density at radius 3 is 2.81 bits per heavy atom. The molecule has 138 valence electrons. The first-order valence-electron chi connectivity index (χ1n) is 7.68. The van der Waals surface area contributed by atoms with Crippen LogP contribution in [0.3, 0.4) is 0 Å². The fourth-order valence-electron chi connectivity index (χ4n) is 2.23. The molecule has 0 bridgehead atoms. The fraction of sp³-hybridized carbons (Fsp3) is 0.267. The quantitative estimate of drug-likeness (QED) is 0.445. The van der Waals surface area contributed by atoms with E-state index in [-0.39, 0.29) is 24.4 Å². The molecule has 1 aromatic carbocycles. The maximum Gasteiger partial charge on any atom is 0.404 e. The molecule has 3 rings (SSSR count). The van der Waals surface area contributed by atoms with Crippen molar-refractivity contribution in [2.24, 2.45) is 0 Å². The predicted molar refractivity (Wildman–Crippen MR) is 95.1 cm³/mol. The molecule has 0 saturated carbocycles. The Labute approximate surface area is 148 Å². The number of rotatable bonds is 8. The second-order valence-corrected chi connectivity index (χ2v) is 7.32. The van der Waals surface area contributed by atoms with Crippen LogP contribution in [0.15, 0.2) is 41.5 Å². The number of nitrogen functional groups attached to an aromatic ring is 1. The van der Waals surface area contributed by atoms with E-state index < -0.39 is 13.2 Å². The van der Waals surface area contributed by atoms with Gasteiger partial charge in [-0.3, -0.25) is 9.78 Å². The zero-order chi connectivity index (χ0) is 18.6. The summed E-state index contributed by atoms with van der Waals surface area (Å²) in [5, 5.41) is 0. The Balaban J connectivity index is 1.59. The van der Waals surface area contributed by atoms with Gasteiger partial charge in [0.05, 0.1) is 12.9 Å². The SMILES string of the molecule is COP(=O)(COCCn1cnc2c(=O)[nH]c(N)nc21)Oc1ccccc1. The van der Waals surface area contributed by atoms with Gasteiger partial charge < -0.3 is 24.1 Å². The molecule has 26 heavy (non-hydrogen) atoms. The first kappa shape index (κ1) is 18.1. The molecule has 11 heteroatoms. The molecule has 1 unspecified atom stereocenters. The van der Waals surface area contributed by atoms with Crippen molar-refractivity contribution >= 4 is 24.7 Å². The molecule has 0 aliphatic rings. The van der Waals surface area contributed by atoms with Crippen LogP contribution in [0.4, 0.5) is 5.95 Å². The highest BCUT2D eigenvalue weighted by atomic mass is 31.2. The smallest absolute Gasteiger partial charge is 0.404 e. The molecule has 0 fully saturated rings. The molecule has 2 aromatic heterocycles. The van der Waals surface area contributed by atoms with E-state index in [9.17, 15) is 9.36 Å². The van der Waals surface area contributed by atoms with Gasteiger partial charge in [0.2, 0.25) is 5.95 Å². The van der Waals surface area contributed by atoms with Gasteiger partial charge in [-0.2, -0.15) is 4.98 Å². The molecular weight excluding hydrogens is 361 g/mol. The number of ether oxygens (including phenoxy) is 1. The summed E-state index contributed by atoms with van der Waals surface area (Å²) in [4.78, 5) is 22.2. The van der Waals surface area contributed by atoms with Gasteiger partial charge in [-0.05, 0) is 12.1 Å². The minimum Gasteiger partial charge on any atom is -0.423 e. The average molecular weight is 379 g/mol. The number of imidazole rings is 1. The minimum atomic E-state index is -3.43. The number of hydrogen-bond donors (Lipinski definition) is 2. The lowest BCUT2D eigenvalue weighted by molar-refractivity contribution is 0.146. The van der Waals surface area contributed by atoms with E-state index in [0.717, 1.165) is 0 Å². The summed E-state index contributed by atoms with van der Waals surface area (Å²) in [6.45, 7) is 0.521. The molecule has 0 spiro atoms. The van der Waals surface area contributed by atoms with Crippen molar-refractivity contribution in [3.63, 3.8) is 0 Å². The highest BCUT2D eigenvalue weighted by Crippen LogP contribution is 2.47. The summed E-state index contributed by atoms with van der Waals surface area (Å²) in [6, 6.07) is 8.71. The molecule has 0 aliphatic heterocycles. The lowest BCUT2D eigenvalue weighted by atomic mass is 10.3. The predicted octanol–water partition coefficient (Wildman–Crippen LogP) is 1.59. The number of nitrogens with two attached hydrogens (primary N) is 1. The third-order valence-corrected chi connectivity index (χ3v) is 5.03. The Morgan fingerprint density at radius 2 is 2.08 bits per heavy atom. The zero-order valence-corrected chi connectivity index (χ0v) is 14.9. The third kappa shape index (κ3) is 4.10. The Bertz CT molecular complexity index is 987. The molecule has 1 atom stereocenters. The third-order valence-electron chi connectivity index (χ3n) is 3.48. The van der Waals surface area contributed by atoms with Crippen LogP contribution < -0.4 is 15.8 Å². The number of aromatic nitrogens is 4. The second-order valence-electron chi connectivity index (χ2n) is 5.30. The van der Waals surface area contributed by atoms with Crippen LogP contribution in [0, 0.1) is 0 Å². The number of nitrogens with one attached hydrogen (secondary N) is 1. The number of hydrogen-bond acceptors (Lipinski definition) is 8. The number of aromatic amines is 1. The van der Waals surface area contributed by atoms with Crippen LogP contribution in [-0.4, -0.2) is 39.6 Å². The van der Waals surface area contributed by atoms with Crippen molar-refractivity contribution in [3.8, 4) is 5.75 Å². The first-order valence-corrected chi connectivity index (χ1v) is 9.41. The standard InChI is InChI=1S/C15H18N5O5P/c1-23-26(22,25-11-5-3-2-4-6-11)10-24-8-7-20-9-17-12-13(20)18-15(16)19-14(12)21/h2-6,9H,7-8,10H2,1H3,(H3,16,18,19,21). The van der Waals surface area contributed by atoms with Crippen molar-refractivity contribution < 1.29 is 18.3 Å². The number of nitrogens with zero attached hydrogens (tertiary/aromatic N) is 3. The zero-order valence-electron chi connectivity index (χ0n) is 14.0. The maximum absolute atomic E-state index is 12.6. The van der Waals surface area contributed by atoms with E-state index in [0.29, 0.717) is 17.9 Å². The molecule has 2 heterocycles. The van der Waals surface area contributed by atoms with Crippen molar-refractivity contribution in [2.75, 3.05) is 25.8 Å². The van der Waals surface area contributed by atoms with Gasteiger partial charge >= 0.3 is 7.60 Å². The largest absolute Gasteiger partial charge is 0.423 e. The van der Waals surface area contributed by atoms with Crippen LogP contribution in [0.5, 0.6) is 5.75 Å². The Hall–Kier alpha value is -2.68. The summed E-state index contributed by atoms with van der Waals surface area (Å²) in [7, 11) is -2.13. The van der Waals surface area contributed by atoms with Crippen LogP contribution in [-0.2, 0) is 20.4 Å². The summed E-state index contributed by atoms with van der Waals surface area (Å²) in [5.41, 5.74) is 5.68.